The van der Waals surface area contributed by atoms with Gasteiger partial charge in [0.1, 0.15) is 0 Å². The minimum absolute atomic E-state index is 0.309. The minimum Gasteiger partial charge on any atom is -0.325 e. The van der Waals surface area contributed by atoms with Crippen molar-refractivity contribution in [1.29, 1.82) is 0 Å². The maximum absolute atomic E-state index is 5.88. The molecule has 0 bridgehead atoms. The zero-order chi connectivity index (χ0) is 7.56. The molecule has 0 aromatic heterocycles. The number of nitrogens with two attached hydrogens (primary N) is 1. The van der Waals surface area contributed by atoms with Crippen molar-refractivity contribution in [3.05, 3.63) is 0 Å². The molecule has 1 rings (SSSR count). The molecule has 0 amide bonds. The first-order valence-corrected chi connectivity index (χ1v) is 3.84. The number of rotatable bonds is 1. The Bertz CT molecular complexity index is 103. The highest BCUT2D eigenvalue weighted by atomic mass is 15.1. The van der Waals surface area contributed by atoms with Crippen LogP contribution in [-0.4, -0.2) is 44.2 Å². The van der Waals surface area contributed by atoms with Gasteiger partial charge in [0.15, 0.2) is 0 Å². The second-order valence-electron chi connectivity index (χ2n) is 3.19. The van der Waals surface area contributed by atoms with Gasteiger partial charge in [0.25, 0.3) is 0 Å². The molecule has 1 aliphatic heterocycles. The molecule has 3 nitrogen and oxygen atoms in total. The summed E-state index contributed by atoms with van der Waals surface area (Å²) in [4.78, 5) is 2.21. The van der Waals surface area contributed by atoms with E-state index in [2.05, 4.69) is 24.3 Å². The molecular weight excluding hydrogens is 126 g/mol. The third kappa shape index (κ3) is 1.68. The van der Waals surface area contributed by atoms with Crippen molar-refractivity contribution < 1.29 is 0 Å². The lowest BCUT2D eigenvalue weighted by atomic mass is 10.0. The molecule has 3 N–H and O–H groups in total. The van der Waals surface area contributed by atoms with Gasteiger partial charge < -0.3 is 16.0 Å². The molecule has 2 atom stereocenters. The van der Waals surface area contributed by atoms with Gasteiger partial charge in [0.05, 0.1) is 0 Å². The molecule has 3 heteroatoms. The van der Waals surface area contributed by atoms with Crippen LogP contribution in [0.15, 0.2) is 0 Å². The highest BCUT2D eigenvalue weighted by Crippen LogP contribution is 2.06. The molecule has 1 heterocycles. The standard InChI is InChI=1S/C7H17N3/c1-10(2)7-3-4-9-5-6(7)8/h6-7,9H,3-5,8H2,1-2H3. The van der Waals surface area contributed by atoms with Crippen LogP contribution in [0.2, 0.25) is 0 Å². The van der Waals surface area contributed by atoms with Crippen LogP contribution >= 0.6 is 0 Å². The van der Waals surface area contributed by atoms with E-state index in [9.17, 15) is 0 Å². The van der Waals surface area contributed by atoms with Crippen LogP contribution in [0.25, 0.3) is 0 Å². The van der Waals surface area contributed by atoms with E-state index in [1.807, 2.05) is 0 Å². The van der Waals surface area contributed by atoms with Gasteiger partial charge in [0, 0.05) is 18.6 Å². The fourth-order valence-electron chi connectivity index (χ4n) is 1.51. The molecule has 0 aliphatic carbocycles. The third-order valence-electron chi connectivity index (χ3n) is 2.15. The van der Waals surface area contributed by atoms with Crippen molar-refractivity contribution in [3.63, 3.8) is 0 Å². The lowest BCUT2D eigenvalue weighted by Crippen LogP contribution is -2.54. The Hall–Kier alpha value is -0.120. The van der Waals surface area contributed by atoms with E-state index in [-0.39, 0.29) is 0 Å². The van der Waals surface area contributed by atoms with Crippen LogP contribution in [-0.2, 0) is 0 Å². The van der Waals surface area contributed by atoms with Gasteiger partial charge in [-0.2, -0.15) is 0 Å². The Morgan fingerprint density at radius 3 is 2.60 bits per heavy atom. The summed E-state index contributed by atoms with van der Waals surface area (Å²) < 4.78 is 0. The van der Waals surface area contributed by atoms with Crippen LogP contribution in [0.5, 0.6) is 0 Å². The monoisotopic (exact) mass is 143 g/mol. The number of nitrogens with zero attached hydrogens (tertiary/aromatic N) is 1. The van der Waals surface area contributed by atoms with Crippen LogP contribution < -0.4 is 11.1 Å². The molecule has 0 aromatic carbocycles. The third-order valence-corrected chi connectivity index (χ3v) is 2.15. The SMILES string of the molecule is CN(C)C1CCNCC1N. The maximum atomic E-state index is 5.88. The van der Waals surface area contributed by atoms with Crippen molar-refractivity contribution in [2.24, 2.45) is 5.73 Å². The van der Waals surface area contributed by atoms with Crippen molar-refractivity contribution >= 4 is 0 Å². The van der Waals surface area contributed by atoms with E-state index in [0.29, 0.717) is 12.1 Å². The number of likely N-dealkylation sites (N-methyl/N-ethyl adjacent to an activating group) is 1. The molecule has 1 fully saturated rings. The molecule has 0 saturated carbocycles. The Morgan fingerprint density at radius 2 is 2.20 bits per heavy atom. The quantitative estimate of drug-likeness (QED) is 0.507. The molecule has 60 valence electrons. The Kier molecular flexibility index (Phi) is 2.65. The predicted octanol–water partition coefficient (Wildman–Crippen LogP) is -0.763. The molecule has 10 heavy (non-hydrogen) atoms. The first-order valence-electron chi connectivity index (χ1n) is 3.84. The number of nitrogens with one attached hydrogen (secondary N) is 1. The summed E-state index contributed by atoms with van der Waals surface area (Å²) >= 11 is 0. The smallest absolute Gasteiger partial charge is 0.0323 e. The average molecular weight is 143 g/mol. The van der Waals surface area contributed by atoms with Gasteiger partial charge in [-0.05, 0) is 27.1 Å². The molecule has 1 saturated heterocycles. The van der Waals surface area contributed by atoms with Crippen molar-refractivity contribution in [3.8, 4) is 0 Å². The van der Waals surface area contributed by atoms with E-state index < -0.39 is 0 Å². The van der Waals surface area contributed by atoms with E-state index >= 15 is 0 Å². The normalized spacial score (nSPS) is 34.8. The average Bonchev–Trinajstić information content (AvgIpc) is 1.88. The first-order chi connectivity index (χ1) is 4.72. The van der Waals surface area contributed by atoms with Gasteiger partial charge in [-0.25, -0.2) is 0 Å². The lowest BCUT2D eigenvalue weighted by molar-refractivity contribution is 0.211. The van der Waals surface area contributed by atoms with Crippen molar-refractivity contribution in [2.75, 3.05) is 27.2 Å². The Balaban J connectivity index is 2.40. The van der Waals surface area contributed by atoms with Gasteiger partial charge in [-0.3, -0.25) is 0 Å². The van der Waals surface area contributed by atoms with Crippen LogP contribution in [0.1, 0.15) is 6.42 Å². The summed E-state index contributed by atoms with van der Waals surface area (Å²) in [6.07, 6.45) is 1.17. The van der Waals surface area contributed by atoms with Gasteiger partial charge in [-0.15, -0.1) is 0 Å². The largest absolute Gasteiger partial charge is 0.325 e. The zero-order valence-corrected chi connectivity index (χ0v) is 6.80. The first kappa shape index (κ1) is 7.98. The summed E-state index contributed by atoms with van der Waals surface area (Å²) in [6, 6.07) is 0.880. The van der Waals surface area contributed by atoms with Gasteiger partial charge >= 0.3 is 0 Å². The summed E-state index contributed by atoms with van der Waals surface area (Å²) in [5.74, 6) is 0. The van der Waals surface area contributed by atoms with Crippen molar-refractivity contribution in [1.82, 2.24) is 10.2 Å². The summed E-state index contributed by atoms with van der Waals surface area (Å²) in [6.45, 7) is 2.07. The summed E-state index contributed by atoms with van der Waals surface area (Å²) in [5.41, 5.74) is 5.88. The van der Waals surface area contributed by atoms with E-state index in [1.54, 1.807) is 0 Å². The number of hydrogen-bond donors (Lipinski definition) is 2. The second kappa shape index (κ2) is 3.32. The Labute approximate surface area is 62.6 Å². The van der Waals surface area contributed by atoms with Crippen LogP contribution in [0, 0.1) is 0 Å². The molecule has 1 aliphatic rings. The zero-order valence-electron chi connectivity index (χ0n) is 6.80. The van der Waals surface area contributed by atoms with Crippen LogP contribution in [0.3, 0.4) is 0 Å². The van der Waals surface area contributed by atoms with E-state index in [4.69, 9.17) is 5.73 Å². The maximum Gasteiger partial charge on any atom is 0.0323 e. The topological polar surface area (TPSA) is 41.3 Å². The second-order valence-corrected chi connectivity index (χ2v) is 3.19. The highest BCUT2D eigenvalue weighted by molar-refractivity contribution is 4.85. The summed E-state index contributed by atoms with van der Waals surface area (Å²) in [5, 5.41) is 3.27. The lowest BCUT2D eigenvalue weighted by Gasteiger charge is -2.34. The molecule has 0 radical (unpaired) electrons. The molecule has 0 spiro atoms. The fraction of sp³-hybridized carbons (Fsp3) is 1.00. The Morgan fingerprint density at radius 1 is 1.50 bits per heavy atom. The summed E-state index contributed by atoms with van der Waals surface area (Å²) in [7, 11) is 4.19. The van der Waals surface area contributed by atoms with E-state index in [1.165, 1.54) is 6.42 Å². The number of piperidine rings is 1. The minimum atomic E-state index is 0.309. The van der Waals surface area contributed by atoms with E-state index in [0.717, 1.165) is 13.1 Å². The highest BCUT2D eigenvalue weighted by Gasteiger charge is 2.22. The van der Waals surface area contributed by atoms with Gasteiger partial charge in [-0.1, -0.05) is 0 Å². The molecular formula is C7H17N3. The van der Waals surface area contributed by atoms with Crippen molar-refractivity contribution in [2.45, 2.75) is 18.5 Å². The molecule has 0 aromatic rings. The fourth-order valence-corrected chi connectivity index (χ4v) is 1.51. The molecule has 2 unspecified atom stereocenters. The van der Waals surface area contributed by atoms with Crippen LogP contribution in [0.4, 0.5) is 0 Å². The predicted molar refractivity (Wildman–Crippen MR) is 42.9 cm³/mol. The number of hydrogen-bond acceptors (Lipinski definition) is 3. The van der Waals surface area contributed by atoms with Gasteiger partial charge in [0.2, 0.25) is 0 Å².